The number of nitrogens with one attached hydrogen (secondary N) is 3. The number of amides is 1. The lowest BCUT2D eigenvalue weighted by Crippen LogP contribution is -2.43. The monoisotopic (exact) mass is 741 g/mol. The molecule has 51 heavy (non-hydrogen) atoms. The van der Waals surface area contributed by atoms with Crippen LogP contribution in [0, 0.1) is 0 Å². The Morgan fingerprint density at radius 2 is 1.76 bits per heavy atom. The quantitative estimate of drug-likeness (QED) is 0.0475. The molecule has 4 rings (SSSR count). The molecule has 0 radical (unpaired) electrons. The fourth-order valence-electron chi connectivity index (χ4n) is 4.87. The van der Waals surface area contributed by atoms with Crippen molar-refractivity contribution in [3.8, 4) is 0 Å². The van der Waals surface area contributed by atoms with E-state index in [0.717, 1.165) is 25.7 Å². The van der Waals surface area contributed by atoms with Crippen LogP contribution in [0.3, 0.4) is 0 Å². The van der Waals surface area contributed by atoms with Crippen LogP contribution < -0.4 is 21.9 Å². The van der Waals surface area contributed by atoms with Gasteiger partial charge >= 0.3 is 17.9 Å². The van der Waals surface area contributed by atoms with Gasteiger partial charge in [0.15, 0.2) is 11.2 Å². The van der Waals surface area contributed by atoms with Crippen molar-refractivity contribution in [1.82, 2.24) is 25.3 Å². The smallest absolute Gasteiger partial charge is 0.329 e. The number of carbonyl (C=O) groups excluding carboxylic acids is 4. The minimum Gasteiger partial charge on any atom is -0.465 e. The maximum absolute atomic E-state index is 13.3. The largest absolute Gasteiger partial charge is 0.465 e. The summed E-state index contributed by atoms with van der Waals surface area (Å²) in [5, 5.41) is 5.91. The normalized spacial score (nSPS) is 15.5. The molecular weight excluding hydrogens is 699 g/mol. The van der Waals surface area contributed by atoms with Crippen LogP contribution in [0.2, 0.25) is 0 Å². The molecule has 1 aliphatic rings. The topological polar surface area (TPSA) is 218 Å². The van der Waals surface area contributed by atoms with Crippen LogP contribution in [-0.2, 0) is 35.1 Å². The van der Waals surface area contributed by atoms with E-state index in [1.54, 1.807) is 31.2 Å². The number of aromatic amines is 1. The van der Waals surface area contributed by atoms with Gasteiger partial charge in [0.05, 0.1) is 18.4 Å². The van der Waals surface area contributed by atoms with Crippen molar-refractivity contribution in [3.05, 3.63) is 64.2 Å². The Kier molecular flexibility index (Phi) is 16.0. The summed E-state index contributed by atoms with van der Waals surface area (Å²) in [6.45, 7) is 2.48. The minimum absolute atomic E-state index is 0.00189. The molecule has 0 fully saturated rings. The fraction of sp³-hybridized carbons (Fsp3) is 0.471. The van der Waals surface area contributed by atoms with E-state index in [1.807, 2.05) is 12.2 Å². The van der Waals surface area contributed by atoms with Crippen molar-refractivity contribution in [2.75, 3.05) is 35.8 Å². The van der Waals surface area contributed by atoms with Gasteiger partial charge in [-0.25, -0.2) is 14.8 Å². The molecule has 1 aliphatic carbocycles. The first-order chi connectivity index (χ1) is 24.7. The van der Waals surface area contributed by atoms with Crippen LogP contribution in [0.25, 0.3) is 11.2 Å². The maximum Gasteiger partial charge on any atom is 0.329 e. The zero-order chi connectivity index (χ0) is 36.4. The van der Waals surface area contributed by atoms with Crippen LogP contribution in [0.5, 0.6) is 0 Å². The van der Waals surface area contributed by atoms with E-state index in [9.17, 15) is 24.0 Å². The first-order valence-electron chi connectivity index (χ1n) is 16.8. The lowest BCUT2D eigenvalue weighted by atomic mass is 10.0. The standard InChI is InChI=1S/C34H43N7O8S2/c1-2-27(42)47-16-18-50-51-19-17-48-28(43)15-14-26(33(46)49-25-8-6-4-3-5-7-9-25)39-31(44)22-10-12-23(13-11-22)36-20-24-21-37-30-29(38-24)32(45)41-34(35)40-30/h6,8,10-13,21,25-26,36H,2-5,7,9,14-20H2,1H3,(H,39,44)(H3,35,37,40,41,45)/b8-6+/t25?,26-/m1/s1. The minimum atomic E-state index is -1.07. The van der Waals surface area contributed by atoms with Gasteiger partial charge in [-0.1, -0.05) is 41.0 Å². The van der Waals surface area contributed by atoms with Gasteiger partial charge in [-0.15, -0.1) is 0 Å². The third kappa shape index (κ3) is 13.5. The van der Waals surface area contributed by atoms with Crippen molar-refractivity contribution in [1.29, 1.82) is 0 Å². The molecule has 1 amide bonds. The molecule has 3 aromatic rings. The lowest BCUT2D eigenvalue weighted by Gasteiger charge is -2.22. The number of fused-ring (bicyclic) bond motifs is 1. The molecule has 0 saturated carbocycles. The molecule has 2 heterocycles. The number of hydrogen-bond donors (Lipinski definition) is 4. The van der Waals surface area contributed by atoms with Gasteiger partial charge in [0.1, 0.15) is 25.4 Å². The summed E-state index contributed by atoms with van der Waals surface area (Å²) in [6.07, 6.45) is 9.86. The predicted molar refractivity (Wildman–Crippen MR) is 196 cm³/mol. The van der Waals surface area contributed by atoms with E-state index in [1.165, 1.54) is 27.8 Å². The molecule has 5 N–H and O–H groups in total. The second kappa shape index (κ2) is 20.9. The first kappa shape index (κ1) is 39.2. The number of ether oxygens (including phenoxy) is 3. The summed E-state index contributed by atoms with van der Waals surface area (Å²) in [5.74, 6) is -0.730. The highest BCUT2D eigenvalue weighted by atomic mass is 33.1. The zero-order valence-electron chi connectivity index (χ0n) is 28.4. The number of carbonyl (C=O) groups is 4. The molecule has 17 heteroatoms. The van der Waals surface area contributed by atoms with E-state index in [4.69, 9.17) is 19.9 Å². The number of nitrogens with zero attached hydrogens (tertiary/aromatic N) is 3. The van der Waals surface area contributed by atoms with Crippen LogP contribution in [-0.4, -0.2) is 80.6 Å². The average molecular weight is 742 g/mol. The van der Waals surface area contributed by atoms with Gasteiger partial charge in [-0.2, -0.15) is 4.98 Å². The molecule has 15 nitrogen and oxygen atoms in total. The molecule has 274 valence electrons. The number of rotatable bonds is 18. The molecule has 1 aromatic carbocycles. The zero-order valence-corrected chi connectivity index (χ0v) is 30.0. The van der Waals surface area contributed by atoms with Crippen molar-refractivity contribution >= 4 is 68.2 Å². The Morgan fingerprint density at radius 1 is 1.02 bits per heavy atom. The number of nitrogen functional groups attached to an aromatic ring is 1. The SMILES string of the molecule is CCC(=O)OCCSSCCOC(=O)CC[C@@H](NC(=O)c1ccc(NCc2cnc3nc(N)[nH]c(=O)c3n2)cc1)C(=O)OC1/C=C/CCCCC1. The number of nitrogens with two attached hydrogens (primary N) is 1. The van der Waals surface area contributed by atoms with E-state index in [0.29, 0.717) is 47.9 Å². The molecule has 0 saturated heterocycles. The van der Waals surface area contributed by atoms with Crippen LogP contribution in [0.15, 0.2) is 47.4 Å². The second-order valence-electron chi connectivity index (χ2n) is 11.5. The number of hydrogen-bond acceptors (Lipinski definition) is 15. The van der Waals surface area contributed by atoms with E-state index in [-0.39, 0.29) is 49.1 Å². The molecule has 2 aromatic heterocycles. The highest BCUT2D eigenvalue weighted by Crippen LogP contribution is 2.21. The van der Waals surface area contributed by atoms with Crippen molar-refractivity contribution in [3.63, 3.8) is 0 Å². The van der Waals surface area contributed by atoms with E-state index in [2.05, 4.69) is 30.6 Å². The summed E-state index contributed by atoms with van der Waals surface area (Å²) >= 11 is 0. The van der Waals surface area contributed by atoms with Crippen LogP contribution >= 0.6 is 21.6 Å². The molecule has 1 unspecified atom stereocenters. The highest BCUT2D eigenvalue weighted by Gasteiger charge is 2.26. The van der Waals surface area contributed by atoms with Crippen molar-refractivity contribution in [2.24, 2.45) is 0 Å². The summed E-state index contributed by atoms with van der Waals surface area (Å²) in [5.41, 5.74) is 6.74. The molecule has 0 bridgehead atoms. The van der Waals surface area contributed by atoms with Gasteiger partial charge in [0, 0.05) is 35.6 Å². The van der Waals surface area contributed by atoms with Crippen LogP contribution in [0.4, 0.5) is 11.6 Å². The number of H-pyrrole nitrogens is 1. The Morgan fingerprint density at radius 3 is 2.51 bits per heavy atom. The third-order valence-electron chi connectivity index (χ3n) is 7.54. The summed E-state index contributed by atoms with van der Waals surface area (Å²) in [4.78, 5) is 77.3. The molecule has 0 aliphatic heterocycles. The molecule has 0 spiro atoms. The maximum atomic E-state index is 13.3. The number of esters is 3. The summed E-state index contributed by atoms with van der Waals surface area (Å²) in [7, 11) is 3.01. The van der Waals surface area contributed by atoms with E-state index >= 15 is 0 Å². The Hall–Kier alpha value is -4.64. The van der Waals surface area contributed by atoms with Crippen molar-refractivity contribution in [2.45, 2.75) is 77.0 Å². The van der Waals surface area contributed by atoms with Gasteiger partial charge in [0.2, 0.25) is 5.95 Å². The Bertz CT molecular complexity index is 1720. The van der Waals surface area contributed by atoms with E-state index < -0.39 is 35.6 Å². The number of aromatic nitrogens is 4. The highest BCUT2D eigenvalue weighted by molar-refractivity contribution is 8.76. The van der Waals surface area contributed by atoms with Crippen molar-refractivity contribution < 1.29 is 33.4 Å². The molecule has 2 atom stereocenters. The van der Waals surface area contributed by atoms with Gasteiger partial charge < -0.3 is 30.6 Å². The van der Waals surface area contributed by atoms with Gasteiger partial charge in [0.25, 0.3) is 11.5 Å². The van der Waals surface area contributed by atoms with Gasteiger partial charge in [-0.05, 0) is 62.4 Å². The third-order valence-corrected chi connectivity index (χ3v) is 9.88. The summed E-state index contributed by atoms with van der Waals surface area (Å²) in [6, 6.07) is 5.50. The Labute approximate surface area is 303 Å². The van der Waals surface area contributed by atoms with Crippen LogP contribution in [0.1, 0.15) is 74.3 Å². The average Bonchev–Trinajstić information content (AvgIpc) is 3.11. The summed E-state index contributed by atoms with van der Waals surface area (Å²) < 4.78 is 16.1. The number of benzene rings is 1. The Balaban J connectivity index is 1.29. The fourth-order valence-corrected chi connectivity index (χ4v) is 6.52. The number of allylic oxidation sites excluding steroid dienone is 1. The first-order valence-corrected chi connectivity index (χ1v) is 19.3. The predicted octanol–water partition coefficient (Wildman–Crippen LogP) is 4.10. The second-order valence-corrected chi connectivity index (χ2v) is 14.2. The lowest BCUT2D eigenvalue weighted by molar-refractivity contribution is -0.150. The van der Waals surface area contributed by atoms with Gasteiger partial charge in [-0.3, -0.25) is 24.2 Å². The molecular formula is C34H43N7O8S2. The number of anilines is 2.